The first-order valence-electron chi connectivity index (χ1n) is 31.9. The average Bonchev–Trinajstić information content (AvgIpc) is 1.75. The summed E-state index contributed by atoms with van der Waals surface area (Å²) in [6.07, 6.45) is 4.00. The van der Waals surface area contributed by atoms with Crippen LogP contribution in [-0.4, -0.2) is 126 Å². The highest BCUT2D eigenvalue weighted by atomic mass is 32.1. The first-order chi connectivity index (χ1) is 43.4. The van der Waals surface area contributed by atoms with E-state index in [1.54, 1.807) is 44.2 Å². The van der Waals surface area contributed by atoms with E-state index in [1.165, 1.54) is 22.7 Å². The van der Waals surface area contributed by atoms with Gasteiger partial charge >= 0.3 is 0 Å². The number of hydrazine groups is 1. The van der Waals surface area contributed by atoms with Crippen LogP contribution in [0.15, 0.2) is 72.8 Å². The van der Waals surface area contributed by atoms with Crippen LogP contribution in [0.5, 0.6) is 0 Å². The largest absolute Gasteiger partial charge is 0.344 e. The Balaban J connectivity index is 1.23. The number of aryl methyl sites for hydroxylation is 2. The lowest BCUT2D eigenvalue weighted by Crippen LogP contribution is -2.60. The summed E-state index contributed by atoms with van der Waals surface area (Å²) in [5, 5.41) is 23.3. The van der Waals surface area contributed by atoms with Crippen molar-refractivity contribution in [1.82, 2.24) is 53.4 Å². The summed E-state index contributed by atoms with van der Waals surface area (Å²) in [4.78, 5) is 146. The molecule has 22 nitrogen and oxygen atoms in total. The van der Waals surface area contributed by atoms with Gasteiger partial charge in [-0.1, -0.05) is 102 Å². The molecule has 14 N–H and O–H groups in total. The van der Waals surface area contributed by atoms with Crippen molar-refractivity contribution in [1.29, 1.82) is 0 Å². The third kappa shape index (κ3) is 19.7. The van der Waals surface area contributed by atoms with E-state index in [4.69, 9.17) is 11.5 Å². The van der Waals surface area contributed by atoms with Crippen LogP contribution in [0.3, 0.4) is 0 Å². The lowest BCUT2D eigenvalue weighted by molar-refractivity contribution is -0.135. The maximum atomic E-state index is 14.8. The number of nitrogens with one attached hydrogen (secondary N) is 10. The number of fused-ring (bicyclic) bond motifs is 8. The first kappa shape index (κ1) is 70.8. The third-order valence-electron chi connectivity index (χ3n) is 16.7. The number of rotatable bonds is 15. The van der Waals surface area contributed by atoms with E-state index in [0.717, 1.165) is 44.0 Å². The highest BCUT2D eigenvalue weighted by Crippen LogP contribution is 2.45. The van der Waals surface area contributed by atoms with Crippen molar-refractivity contribution < 1.29 is 47.9 Å². The molecule has 7 rings (SSSR count). The number of allylic oxidation sites excluding steroid dienone is 2. The molecule has 0 radical (unpaired) electrons. The zero-order chi connectivity index (χ0) is 66.1. The Labute approximate surface area is 541 Å². The van der Waals surface area contributed by atoms with Crippen LogP contribution in [0.4, 0.5) is 0 Å². The number of thiophene rings is 2. The van der Waals surface area contributed by atoms with Crippen molar-refractivity contribution in [3.63, 3.8) is 0 Å². The second kappa shape index (κ2) is 33.6. The van der Waals surface area contributed by atoms with E-state index < -0.39 is 119 Å². The summed E-state index contributed by atoms with van der Waals surface area (Å²) in [6.45, 7) is 15.2. The standard InChI is InChI=1S/C67H92N12O10S2/c1-36(2)30-52-62(84)73-51(32-41-18-11-9-12-19-41)58(80)47-26-27-50(70-47)61(83)77-57(38(5)6)67(89)72-49(25-17-29-69)60(82)75-53(31-37(3)4)63(85)76-54(33-42-20-13-10-14-21-42)64(86)78-79-66(88)56-35-46(40(8)91-56)44-23-15-22-43(44)45-34-55(90-39(45)7)65(87)71-48(24-16-28-68)59(81)74-52/h9-14,18-21,34-38,47-54,57,70H,15-17,22-33,68-69H2,1-8H3,(H,71,87)(H,72,89)(H,73,84)(H,74,81)(H,75,82)(H,76,85)(H,77,83)(H,78,86)(H,79,88)/t47?,48-,49-,50-,51+,52-,53-,54+,57-/m0/s1. The predicted molar refractivity (Wildman–Crippen MR) is 353 cm³/mol. The number of nitrogens with two attached hydrogens (primary N) is 2. The smallest absolute Gasteiger partial charge is 0.279 e. The van der Waals surface area contributed by atoms with Crippen molar-refractivity contribution >= 4 is 92.8 Å². The van der Waals surface area contributed by atoms with Crippen LogP contribution in [0.2, 0.25) is 0 Å². The van der Waals surface area contributed by atoms with Crippen LogP contribution in [0.25, 0.3) is 11.1 Å². The van der Waals surface area contributed by atoms with Gasteiger partial charge in [0.25, 0.3) is 17.7 Å². The summed E-state index contributed by atoms with van der Waals surface area (Å²) < 4.78 is 0. The fourth-order valence-corrected chi connectivity index (χ4v) is 13.8. The lowest BCUT2D eigenvalue weighted by Gasteiger charge is -2.28. The number of amides is 9. The quantitative estimate of drug-likeness (QED) is 0.0769. The molecule has 9 amide bonds. The summed E-state index contributed by atoms with van der Waals surface area (Å²) in [5.41, 5.74) is 22.2. The molecule has 1 unspecified atom stereocenters. The molecule has 0 saturated carbocycles. The van der Waals surface area contributed by atoms with Gasteiger partial charge in [0.15, 0.2) is 5.78 Å². The van der Waals surface area contributed by atoms with E-state index in [2.05, 4.69) is 53.4 Å². The lowest BCUT2D eigenvalue weighted by atomic mass is 9.95. The van der Waals surface area contributed by atoms with Gasteiger partial charge in [0.1, 0.15) is 36.3 Å². The van der Waals surface area contributed by atoms with Crippen molar-refractivity contribution in [2.75, 3.05) is 13.1 Å². The van der Waals surface area contributed by atoms with Gasteiger partial charge in [0.2, 0.25) is 35.4 Å². The topological polar surface area (TPSA) is 343 Å². The van der Waals surface area contributed by atoms with Crippen LogP contribution in [0.1, 0.15) is 164 Å². The number of carbonyl (C=O) groups excluding carboxylic acids is 10. The molecule has 1 saturated heterocycles. The fraction of sp³-hybridized carbons (Fsp3) is 0.522. The SMILES string of the molecule is Cc1sc2cc1C1=C(CCC1)c1cc(sc1C)C(=O)N[C@@H](CCCN)C(=O)N[C@@H](CC(C)C)C(=O)N[C@H](Cc1ccccc1)C(=O)C1CC[C@H](N1)C(=O)N[C@@H](C(C)C)C(=O)N[C@@H](CCCN)C(=O)N[C@@H](CC(C)C)C(=O)N[C@H](Cc1ccccc1)C(=O)NNC2=O. The Hall–Kier alpha value is -7.64. The zero-order valence-corrected chi connectivity index (χ0v) is 55.1. The van der Waals surface area contributed by atoms with Gasteiger partial charge in [-0.2, -0.15) is 0 Å². The molecule has 6 bridgehead atoms. The molecule has 4 heterocycles. The highest BCUT2D eigenvalue weighted by molar-refractivity contribution is 7.14. The maximum Gasteiger partial charge on any atom is 0.279 e. The molecule has 4 aromatic rings. The molecule has 9 atom stereocenters. The molecule has 1 aliphatic carbocycles. The molecule has 492 valence electrons. The minimum atomic E-state index is -1.24. The van der Waals surface area contributed by atoms with Gasteiger partial charge in [-0.05, 0) is 167 Å². The van der Waals surface area contributed by atoms with E-state index >= 15 is 0 Å². The normalized spacial score (nSPS) is 24.2. The van der Waals surface area contributed by atoms with Gasteiger partial charge in [-0.25, -0.2) is 0 Å². The Morgan fingerprint density at radius 1 is 0.473 bits per heavy atom. The number of ketones is 1. The number of Topliss-reactive ketones (excluding diaryl/α,β-unsaturated/α-hetero) is 1. The Bertz CT molecular complexity index is 3270. The molecule has 0 spiro atoms. The maximum absolute atomic E-state index is 14.8. The summed E-state index contributed by atoms with van der Waals surface area (Å²) in [6, 6.07) is 11.8. The van der Waals surface area contributed by atoms with Gasteiger partial charge < -0.3 is 48.7 Å². The number of benzene rings is 2. The molecule has 3 aliphatic rings. The molecule has 24 heteroatoms. The van der Waals surface area contributed by atoms with E-state index in [0.29, 0.717) is 41.0 Å². The van der Waals surface area contributed by atoms with Crippen LogP contribution in [-0.2, 0) is 51.2 Å². The molecular weight excluding hydrogens is 1200 g/mol. The molecule has 2 aromatic carbocycles. The van der Waals surface area contributed by atoms with Crippen molar-refractivity contribution in [2.45, 2.75) is 193 Å². The van der Waals surface area contributed by atoms with Gasteiger partial charge in [-0.3, -0.25) is 64.1 Å². The average molecular weight is 1290 g/mol. The fourth-order valence-electron chi connectivity index (χ4n) is 11.9. The Morgan fingerprint density at radius 2 is 0.912 bits per heavy atom. The Kier molecular flexibility index (Phi) is 26.2. The molecular formula is C67H92N12O10S2. The zero-order valence-electron chi connectivity index (χ0n) is 53.5. The van der Waals surface area contributed by atoms with Crippen molar-refractivity contribution in [3.8, 4) is 0 Å². The number of hydrogen-bond donors (Lipinski definition) is 12. The predicted octanol–water partition coefficient (Wildman–Crippen LogP) is 4.70. The second-order valence-electron chi connectivity index (χ2n) is 25.2. The van der Waals surface area contributed by atoms with Crippen molar-refractivity contribution in [3.05, 3.63) is 115 Å². The first-order valence-corrected chi connectivity index (χ1v) is 33.5. The van der Waals surface area contributed by atoms with Crippen molar-refractivity contribution in [2.24, 2.45) is 29.2 Å². The monoisotopic (exact) mass is 1290 g/mol. The Morgan fingerprint density at radius 3 is 1.41 bits per heavy atom. The van der Waals surface area contributed by atoms with Gasteiger partial charge in [-0.15, -0.1) is 22.7 Å². The summed E-state index contributed by atoms with van der Waals surface area (Å²) in [5.74, 6) is -6.77. The van der Waals surface area contributed by atoms with Gasteiger partial charge in [0.05, 0.1) is 27.9 Å². The van der Waals surface area contributed by atoms with E-state index in [-0.39, 0.29) is 76.3 Å². The van der Waals surface area contributed by atoms with Crippen LogP contribution in [0, 0.1) is 31.6 Å². The molecule has 2 aromatic heterocycles. The highest BCUT2D eigenvalue weighted by Gasteiger charge is 2.41. The van der Waals surface area contributed by atoms with Crippen LogP contribution < -0.4 is 64.9 Å². The molecule has 91 heavy (non-hydrogen) atoms. The van der Waals surface area contributed by atoms with E-state index in [1.807, 2.05) is 84.0 Å². The van der Waals surface area contributed by atoms with Crippen LogP contribution >= 0.6 is 22.7 Å². The van der Waals surface area contributed by atoms with E-state index in [9.17, 15) is 47.9 Å². The number of carbonyl (C=O) groups is 10. The summed E-state index contributed by atoms with van der Waals surface area (Å²) >= 11 is 2.54. The van der Waals surface area contributed by atoms with Gasteiger partial charge in [0, 0.05) is 16.2 Å². The minimum Gasteiger partial charge on any atom is -0.344 e. The minimum absolute atomic E-state index is 0.0160. The third-order valence-corrected chi connectivity index (χ3v) is 18.8. The number of hydrogen-bond acceptors (Lipinski definition) is 15. The summed E-state index contributed by atoms with van der Waals surface area (Å²) in [7, 11) is 0. The molecule has 1 fully saturated rings. The molecule has 2 aliphatic heterocycles. The second-order valence-corrected chi connectivity index (χ2v) is 27.7.